The van der Waals surface area contributed by atoms with Crippen LogP contribution in [0.2, 0.25) is 14.3 Å². The minimum atomic E-state index is -0.831. The van der Waals surface area contributed by atoms with Crippen molar-refractivity contribution >= 4 is 31.4 Å². The van der Waals surface area contributed by atoms with Gasteiger partial charge in [0.1, 0.15) is 0 Å². The van der Waals surface area contributed by atoms with Crippen molar-refractivity contribution in [2.45, 2.75) is 20.7 Å². The summed E-state index contributed by atoms with van der Waals surface area (Å²) in [6.07, 6.45) is 1.26. The Hall–Kier alpha value is 1.09. The first-order chi connectivity index (χ1) is 3.27. The van der Waals surface area contributed by atoms with E-state index in [0.29, 0.717) is 0 Å². The molecule has 7 heavy (non-hydrogen) atoms. The van der Waals surface area contributed by atoms with Crippen molar-refractivity contribution in [2.24, 2.45) is 0 Å². The average Bonchev–Trinajstić information content (AvgIpc) is 1.61. The van der Waals surface area contributed by atoms with E-state index in [9.17, 15) is 0 Å². The summed E-state index contributed by atoms with van der Waals surface area (Å²) in [5.41, 5.74) is 0. The van der Waals surface area contributed by atoms with Crippen LogP contribution in [0.15, 0.2) is 0 Å². The van der Waals surface area contributed by atoms with Gasteiger partial charge < -0.3 is 0 Å². The van der Waals surface area contributed by atoms with Crippen molar-refractivity contribution in [3.63, 3.8) is 0 Å². The van der Waals surface area contributed by atoms with Crippen molar-refractivity contribution in [3.8, 4) is 0 Å². The predicted octanol–water partition coefficient (Wildman–Crippen LogP) is 2.10. The number of halogens is 1. The van der Waals surface area contributed by atoms with Gasteiger partial charge in [-0.05, 0) is 0 Å². The summed E-state index contributed by atoms with van der Waals surface area (Å²) in [6, 6.07) is 0. The SMILES string of the molecule is [CH3][SnH]([CH3])[CH2]CCCl. The molecule has 0 atom stereocenters. The molecular weight excluding hydrogens is 214 g/mol. The monoisotopic (exact) mass is 228 g/mol. The van der Waals surface area contributed by atoms with Crippen molar-refractivity contribution in [1.82, 2.24) is 0 Å². The van der Waals surface area contributed by atoms with Crippen LogP contribution >= 0.6 is 11.6 Å². The maximum atomic E-state index is 5.48. The van der Waals surface area contributed by atoms with E-state index in [4.69, 9.17) is 11.6 Å². The van der Waals surface area contributed by atoms with Gasteiger partial charge in [0.2, 0.25) is 0 Å². The van der Waals surface area contributed by atoms with Gasteiger partial charge >= 0.3 is 58.0 Å². The molecule has 0 radical (unpaired) electrons. The van der Waals surface area contributed by atoms with Gasteiger partial charge in [-0.2, -0.15) is 0 Å². The molecule has 0 fully saturated rings. The van der Waals surface area contributed by atoms with Crippen LogP contribution in [-0.2, 0) is 0 Å². The number of alkyl halides is 1. The molecule has 2 heteroatoms. The van der Waals surface area contributed by atoms with E-state index in [1.54, 1.807) is 0 Å². The van der Waals surface area contributed by atoms with Crippen molar-refractivity contribution in [1.29, 1.82) is 0 Å². The fourth-order valence-electron chi connectivity index (χ4n) is 0.485. The Balaban J connectivity index is 2.68. The topological polar surface area (TPSA) is 0 Å². The average molecular weight is 227 g/mol. The first-order valence-electron chi connectivity index (χ1n) is 2.83. The van der Waals surface area contributed by atoms with E-state index in [0.717, 1.165) is 5.88 Å². The van der Waals surface area contributed by atoms with Crippen LogP contribution in [0.3, 0.4) is 0 Å². The van der Waals surface area contributed by atoms with Crippen LogP contribution in [0.1, 0.15) is 6.42 Å². The molecule has 0 unspecified atom stereocenters. The first-order valence-corrected chi connectivity index (χ1v) is 12.3. The molecule has 0 spiro atoms. The fraction of sp³-hybridized carbons (Fsp3) is 1.00. The molecule has 0 amide bonds. The van der Waals surface area contributed by atoms with E-state index in [1.807, 2.05) is 0 Å². The van der Waals surface area contributed by atoms with E-state index in [-0.39, 0.29) is 0 Å². The van der Waals surface area contributed by atoms with Gasteiger partial charge in [0.05, 0.1) is 0 Å². The summed E-state index contributed by atoms with van der Waals surface area (Å²) in [7, 11) is 0. The zero-order valence-corrected chi connectivity index (χ0v) is 9.13. The van der Waals surface area contributed by atoms with E-state index >= 15 is 0 Å². The second-order valence-corrected chi connectivity index (χ2v) is 12.2. The molecule has 44 valence electrons. The zero-order chi connectivity index (χ0) is 5.70. The quantitative estimate of drug-likeness (QED) is 0.511. The molecule has 0 aromatic rings. The third-order valence-corrected chi connectivity index (χ3v) is 5.64. The first kappa shape index (κ1) is 8.09. The van der Waals surface area contributed by atoms with Gasteiger partial charge in [0.15, 0.2) is 0 Å². The fourth-order valence-corrected chi connectivity index (χ4v) is 4.29. The van der Waals surface area contributed by atoms with Crippen LogP contribution in [0.25, 0.3) is 0 Å². The van der Waals surface area contributed by atoms with Crippen molar-refractivity contribution in [2.75, 3.05) is 5.88 Å². The standard InChI is InChI=1S/C3H6Cl.2CH3.Sn.H/c1-2-3-4;;;;/h1-3H2;2*1H3;;. The van der Waals surface area contributed by atoms with E-state index in [2.05, 4.69) is 9.88 Å². The van der Waals surface area contributed by atoms with Crippen LogP contribution in [0.5, 0.6) is 0 Å². The Morgan fingerprint density at radius 1 is 1.43 bits per heavy atom. The summed E-state index contributed by atoms with van der Waals surface area (Å²) < 4.78 is 1.48. The molecule has 0 nitrogen and oxygen atoms in total. The maximum absolute atomic E-state index is 5.48. The molecule has 0 aromatic carbocycles. The molecule has 0 saturated carbocycles. The zero-order valence-electron chi connectivity index (χ0n) is 5.08. The summed E-state index contributed by atoms with van der Waals surface area (Å²) in [4.78, 5) is 4.85. The Kier molecular flexibility index (Phi) is 6.04. The molecule has 0 rings (SSSR count). The van der Waals surface area contributed by atoms with Crippen molar-refractivity contribution in [3.05, 3.63) is 0 Å². The Bertz CT molecular complexity index is 37.1. The summed E-state index contributed by atoms with van der Waals surface area (Å²) >= 11 is 4.65. The molecule has 0 N–H and O–H groups in total. The van der Waals surface area contributed by atoms with Crippen LogP contribution < -0.4 is 0 Å². The summed E-state index contributed by atoms with van der Waals surface area (Å²) in [6.45, 7) is 0. The van der Waals surface area contributed by atoms with Crippen LogP contribution in [0.4, 0.5) is 0 Å². The molecule has 0 aliphatic heterocycles. The third-order valence-electron chi connectivity index (χ3n) is 0.915. The molecule has 0 aliphatic rings. The predicted molar refractivity (Wildman–Crippen MR) is 39.0 cm³/mol. The molecular formula is C5H13ClSn. The second kappa shape index (κ2) is 5.23. The molecule has 0 bridgehead atoms. The Labute approximate surface area is 58.0 Å². The molecule has 0 heterocycles. The Morgan fingerprint density at radius 3 is 2.14 bits per heavy atom. The van der Waals surface area contributed by atoms with Gasteiger partial charge in [0, 0.05) is 0 Å². The van der Waals surface area contributed by atoms with Gasteiger partial charge in [0.25, 0.3) is 0 Å². The van der Waals surface area contributed by atoms with Gasteiger partial charge in [-0.15, -0.1) is 0 Å². The minimum absolute atomic E-state index is 0.831. The van der Waals surface area contributed by atoms with Crippen LogP contribution in [-0.4, -0.2) is 25.6 Å². The summed E-state index contributed by atoms with van der Waals surface area (Å²) in [5, 5.41) is 0. The van der Waals surface area contributed by atoms with Gasteiger partial charge in [-0.1, -0.05) is 0 Å². The van der Waals surface area contributed by atoms with Gasteiger partial charge in [-0.25, -0.2) is 0 Å². The normalized spacial score (nSPS) is 10.3. The van der Waals surface area contributed by atoms with Crippen molar-refractivity contribution < 1.29 is 0 Å². The van der Waals surface area contributed by atoms with Gasteiger partial charge in [-0.3, -0.25) is 0 Å². The number of hydrogen-bond acceptors (Lipinski definition) is 0. The number of hydrogen-bond donors (Lipinski definition) is 0. The van der Waals surface area contributed by atoms with E-state index in [1.165, 1.54) is 10.9 Å². The second-order valence-electron chi connectivity index (χ2n) is 2.23. The molecule has 0 saturated heterocycles. The van der Waals surface area contributed by atoms with E-state index < -0.39 is 19.8 Å². The van der Waals surface area contributed by atoms with Crippen LogP contribution in [0, 0.1) is 0 Å². The molecule has 0 aliphatic carbocycles. The summed E-state index contributed by atoms with van der Waals surface area (Å²) in [5.74, 6) is 0.870. The number of rotatable bonds is 3. The Morgan fingerprint density at radius 2 is 2.00 bits per heavy atom. The molecule has 0 aromatic heterocycles. The third kappa shape index (κ3) is 7.09.